The van der Waals surface area contributed by atoms with Gasteiger partial charge in [-0.15, -0.1) is 0 Å². The van der Waals surface area contributed by atoms with E-state index in [0.29, 0.717) is 16.9 Å². The topological polar surface area (TPSA) is 25.2 Å². The Balaban J connectivity index is 0.00000129. The molecule has 184 valence electrons. The van der Waals surface area contributed by atoms with Gasteiger partial charge >= 0.3 is 33.3 Å². The fourth-order valence-corrected chi connectivity index (χ4v) is 4.40. The number of para-hydroxylation sites is 1. The second-order valence-corrected chi connectivity index (χ2v) is 11.2. The Kier molecular flexibility index (Phi) is 11.6. The number of aryl methyl sites for hydroxylation is 1. The number of pyridine rings is 1. The summed E-state index contributed by atoms with van der Waals surface area (Å²) < 4.78 is 0. The van der Waals surface area contributed by atoms with Gasteiger partial charge in [-0.2, -0.15) is 0 Å². The van der Waals surface area contributed by atoms with Gasteiger partial charge < -0.3 is 0 Å². The van der Waals surface area contributed by atoms with E-state index in [0.717, 1.165) is 28.4 Å². The summed E-state index contributed by atoms with van der Waals surface area (Å²) in [7, 11) is 9.53. The first-order valence-corrected chi connectivity index (χ1v) is 14.8. The average Bonchev–Trinajstić information content (AvgIpc) is 2.81. The molecule has 0 aliphatic heterocycles. The van der Waals surface area contributed by atoms with Crippen molar-refractivity contribution in [2.24, 2.45) is 4.99 Å². The molecule has 0 aliphatic rings. The van der Waals surface area contributed by atoms with Crippen LogP contribution in [0.15, 0.2) is 59.6 Å². The van der Waals surface area contributed by atoms with Crippen molar-refractivity contribution in [2.75, 3.05) is 0 Å². The van der Waals surface area contributed by atoms with E-state index in [9.17, 15) is 0 Å². The van der Waals surface area contributed by atoms with Gasteiger partial charge in [0, 0.05) is 11.6 Å². The molecule has 0 bridgehead atoms. The number of hydrogen-bond donors (Lipinski definition) is 0. The Morgan fingerprint density at radius 1 is 0.853 bits per heavy atom. The molecular formula is C28H33Cl3FeN2. The predicted octanol–water partition coefficient (Wildman–Crippen LogP) is 9.96. The zero-order valence-corrected chi connectivity index (χ0v) is 24.2. The Hall–Kier alpha value is -1.35. The number of halogens is 3. The van der Waals surface area contributed by atoms with Gasteiger partial charge in [0.25, 0.3) is 0 Å². The molecule has 0 spiro atoms. The van der Waals surface area contributed by atoms with Gasteiger partial charge in [0.05, 0.1) is 22.1 Å². The molecule has 0 aliphatic carbocycles. The summed E-state index contributed by atoms with van der Waals surface area (Å²) in [5, 5.41) is 0.663. The Bertz CT molecular complexity index is 1080. The molecule has 34 heavy (non-hydrogen) atoms. The van der Waals surface area contributed by atoms with Crippen LogP contribution >= 0.6 is 31.8 Å². The predicted molar refractivity (Wildman–Crippen MR) is 146 cm³/mol. The van der Waals surface area contributed by atoms with E-state index in [4.69, 9.17) is 41.8 Å². The monoisotopic (exact) mass is 558 g/mol. The molecular weight excluding hydrogens is 527 g/mol. The van der Waals surface area contributed by atoms with Crippen LogP contribution in [-0.4, -0.2) is 10.7 Å². The Labute approximate surface area is 224 Å². The van der Waals surface area contributed by atoms with Crippen molar-refractivity contribution >= 4 is 43.2 Å². The van der Waals surface area contributed by atoms with Crippen LogP contribution in [0.25, 0.3) is 0 Å². The molecule has 3 rings (SSSR count). The SMILES string of the molecule is CC(=Nc1c(C)cccc1Cl)c1cccc(C(C)c2c(C(C)C)cccc2C(C)C)n1.[Cl][Fe][Cl]. The fourth-order valence-electron chi connectivity index (χ4n) is 4.14. The molecule has 1 aromatic heterocycles. The molecule has 3 aromatic rings. The molecule has 2 aromatic carbocycles. The van der Waals surface area contributed by atoms with E-state index < -0.39 is 0 Å². The van der Waals surface area contributed by atoms with Crippen molar-refractivity contribution in [1.82, 2.24) is 4.98 Å². The van der Waals surface area contributed by atoms with Crippen molar-refractivity contribution in [3.8, 4) is 0 Å². The molecule has 1 atom stereocenters. The van der Waals surface area contributed by atoms with Crippen molar-refractivity contribution < 1.29 is 13.1 Å². The number of benzene rings is 2. The number of hydrogen-bond acceptors (Lipinski definition) is 2. The first-order chi connectivity index (χ1) is 16.1. The van der Waals surface area contributed by atoms with Gasteiger partial charge in [-0.3, -0.25) is 4.98 Å². The Morgan fingerprint density at radius 2 is 1.38 bits per heavy atom. The maximum atomic E-state index is 6.39. The Morgan fingerprint density at radius 3 is 1.91 bits per heavy atom. The summed E-state index contributed by atoms with van der Waals surface area (Å²) in [6, 6.07) is 18.8. The van der Waals surface area contributed by atoms with Crippen LogP contribution < -0.4 is 0 Å². The summed E-state index contributed by atoms with van der Waals surface area (Å²) in [4.78, 5) is 9.85. The second kappa shape index (κ2) is 13.7. The molecule has 1 unspecified atom stereocenters. The second-order valence-electron chi connectivity index (χ2n) is 8.98. The van der Waals surface area contributed by atoms with E-state index in [-0.39, 0.29) is 19.1 Å². The van der Waals surface area contributed by atoms with Gasteiger partial charge in [-0.25, -0.2) is 4.99 Å². The molecule has 2 nitrogen and oxygen atoms in total. The summed E-state index contributed by atoms with van der Waals surface area (Å²) in [5.74, 6) is 1.13. The summed E-state index contributed by atoms with van der Waals surface area (Å²) in [5.41, 5.74) is 8.92. The molecule has 0 amide bonds. The van der Waals surface area contributed by atoms with Crippen LogP contribution in [0.3, 0.4) is 0 Å². The molecule has 0 saturated heterocycles. The third kappa shape index (κ3) is 7.32. The van der Waals surface area contributed by atoms with Crippen LogP contribution in [0.1, 0.15) is 92.9 Å². The molecule has 1 heterocycles. The van der Waals surface area contributed by atoms with E-state index in [1.807, 2.05) is 38.1 Å². The maximum absolute atomic E-state index is 6.39. The van der Waals surface area contributed by atoms with Crippen molar-refractivity contribution in [3.05, 3.63) is 93.3 Å². The quantitative estimate of drug-likeness (QED) is 0.218. The van der Waals surface area contributed by atoms with Crippen LogP contribution in [0.2, 0.25) is 5.02 Å². The van der Waals surface area contributed by atoms with Crippen LogP contribution in [-0.2, 0) is 13.1 Å². The summed E-state index contributed by atoms with van der Waals surface area (Å²) in [6.45, 7) is 15.4. The third-order valence-electron chi connectivity index (χ3n) is 5.90. The average molecular weight is 560 g/mol. The van der Waals surface area contributed by atoms with Crippen LogP contribution in [0.5, 0.6) is 0 Å². The standard InChI is InChI=1S/C28H33ClN2.2ClH.Fe/c1-17(2)22-12-9-13-23(18(3)4)27(22)20(6)25-15-10-16-26(31-25)21(7)30-28-19(5)11-8-14-24(28)29;;;/h8-18,20H,1-7H3;2*1H;/q;;;+2/p-2. The number of aromatic nitrogens is 1. The van der Waals surface area contributed by atoms with Crippen LogP contribution in [0, 0.1) is 6.92 Å². The van der Waals surface area contributed by atoms with Crippen molar-refractivity contribution in [3.63, 3.8) is 0 Å². The van der Waals surface area contributed by atoms with Crippen molar-refractivity contribution in [1.29, 1.82) is 0 Å². The normalized spacial score (nSPS) is 12.6. The first kappa shape index (κ1) is 28.9. The minimum absolute atomic E-state index is 0.194. The summed E-state index contributed by atoms with van der Waals surface area (Å²) in [6.07, 6.45) is 0. The first-order valence-electron chi connectivity index (χ1n) is 11.4. The number of nitrogens with zero attached hydrogens (tertiary/aromatic N) is 2. The number of aliphatic imine (C=N–C) groups is 1. The van der Waals surface area contributed by atoms with E-state index in [2.05, 4.69) is 65.0 Å². The molecule has 0 N–H and O–H groups in total. The molecule has 0 radical (unpaired) electrons. The summed E-state index contributed by atoms with van der Waals surface area (Å²) >= 11 is 6.58. The van der Waals surface area contributed by atoms with Gasteiger partial charge in [0.2, 0.25) is 0 Å². The fraction of sp³-hybridized carbons (Fsp3) is 0.357. The van der Waals surface area contributed by atoms with Gasteiger partial charge in [-0.05, 0) is 66.1 Å². The van der Waals surface area contributed by atoms with E-state index >= 15 is 0 Å². The van der Waals surface area contributed by atoms with Gasteiger partial charge in [0.1, 0.15) is 0 Å². The van der Waals surface area contributed by atoms with E-state index in [1.165, 1.54) is 16.7 Å². The van der Waals surface area contributed by atoms with Crippen LogP contribution in [0.4, 0.5) is 5.69 Å². The molecule has 0 saturated carbocycles. The van der Waals surface area contributed by atoms with Gasteiger partial charge in [-0.1, -0.05) is 82.6 Å². The molecule has 6 heteroatoms. The third-order valence-corrected chi connectivity index (χ3v) is 6.21. The van der Waals surface area contributed by atoms with E-state index in [1.54, 1.807) is 0 Å². The van der Waals surface area contributed by atoms with Crippen molar-refractivity contribution in [2.45, 2.75) is 66.2 Å². The molecule has 0 fully saturated rings. The zero-order chi connectivity index (χ0) is 25.4. The number of rotatable bonds is 6. The minimum atomic E-state index is 0.194. The zero-order valence-electron chi connectivity index (χ0n) is 20.8. The van der Waals surface area contributed by atoms with Gasteiger partial charge in [0.15, 0.2) is 0 Å².